The van der Waals surface area contributed by atoms with Gasteiger partial charge in [0.25, 0.3) is 0 Å². The summed E-state index contributed by atoms with van der Waals surface area (Å²) < 4.78 is 5.43. The highest BCUT2D eigenvalue weighted by Crippen LogP contribution is 2.14. The second-order valence-electron chi connectivity index (χ2n) is 2.78. The third-order valence-electron chi connectivity index (χ3n) is 1.79. The van der Waals surface area contributed by atoms with Crippen molar-refractivity contribution in [3.63, 3.8) is 0 Å². The van der Waals surface area contributed by atoms with Crippen LogP contribution in [0.4, 0.5) is 0 Å². The van der Waals surface area contributed by atoms with Crippen LogP contribution in [0.25, 0.3) is 0 Å². The van der Waals surface area contributed by atoms with E-state index in [0.29, 0.717) is 0 Å². The summed E-state index contributed by atoms with van der Waals surface area (Å²) in [5, 5.41) is 9.23. The van der Waals surface area contributed by atoms with Gasteiger partial charge in [-0.1, -0.05) is 18.2 Å². The highest BCUT2D eigenvalue weighted by Gasteiger charge is 2.20. The molecule has 0 aliphatic carbocycles. The molecule has 2 heteroatoms. The highest BCUT2D eigenvalue weighted by atomic mass is 16.5. The van der Waals surface area contributed by atoms with Crippen molar-refractivity contribution >= 4 is 0 Å². The van der Waals surface area contributed by atoms with E-state index in [4.69, 9.17) is 4.74 Å². The van der Waals surface area contributed by atoms with Crippen LogP contribution in [0.1, 0.15) is 13.3 Å². The average molecular weight is 154 g/mol. The van der Waals surface area contributed by atoms with Gasteiger partial charge in [0, 0.05) is 0 Å². The van der Waals surface area contributed by atoms with Crippen molar-refractivity contribution in [1.82, 2.24) is 0 Å². The largest absolute Gasteiger partial charge is 0.386 e. The van der Waals surface area contributed by atoms with E-state index in [0.717, 1.165) is 6.42 Å². The molecule has 1 aliphatic heterocycles. The van der Waals surface area contributed by atoms with Gasteiger partial charge in [0.15, 0.2) is 0 Å². The summed E-state index contributed by atoms with van der Waals surface area (Å²) in [5.41, 5.74) is 0. The molecule has 1 aliphatic rings. The zero-order valence-electron chi connectivity index (χ0n) is 6.73. The molecule has 0 saturated heterocycles. The molecule has 0 aromatic carbocycles. The van der Waals surface area contributed by atoms with Crippen molar-refractivity contribution in [2.75, 3.05) is 0 Å². The smallest absolute Gasteiger partial charge is 0.0981 e. The molecule has 0 spiro atoms. The van der Waals surface area contributed by atoms with Gasteiger partial charge in [0.1, 0.15) is 0 Å². The molecule has 0 aromatic heterocycles. The lowest BCUT2D eigenvalue weighted by Gasteiger charge is -2.26. The van der Waals surface area contributed by atoms with E-state index in [2.05, 4.69) is 6.58 Å². The van der Waals surface area contributed by atoms with Crippen molar-refractivity contribution in [1.29, 1.82) is 0 Å². The topological polar surface area (TPSA) is 29.5 Å². The minimum atomic E-state index is -0.448. The standard InChI is InChI=1S/C9H14O2/c1-3-4-8-5-6-9(10)7(2)11-8/h3,5-10H,1,4H2,2H3/t7-,8-,9-/m1/s1. The summed E-state index contributed by atoms with van der Waals surface area (Å²) in [6, 6.07) is 0. The van der Waals surface area contributed by atoms with Crippen LogP contribution in [-0.2, 0) is 4.74 Å². The van der Waals surface area contributed by atoms with Gasteiger partial charge in [-0.05, 0) is 13.3 Å². The highest BCUT2D eigenvalue weighted by molar-refractivity contribution is 5.02. The van der Waals surface area contributed by atoms with E-state index in [-0.39, 0.29) is 12.2 Å². The fraction of sp³-hybridized carbons (Fsp3) is 0.556. The van der Waals surface area contributed by atoms with Crippen LogP contribution in [0.3, 0.4) is 0 Å². The van der Waals surface area contributed by atoms with Crippen molar-refractivity contribution in [2.24, 2.45) is 0 Å². The number of hydrogen-bond acceptors (Lipinski definition) is 2. The van der Waals surface area contributed by atoms with Crippen LogP contribution in [0.5, 0.6) is 0 Å². The predicted octanol–water partition coefficient (Wildman–Crippen LogP) is 1.27. The Hall–Kier alpha value is -0.600. The van der Waals surface area contributed by atoms with Crippen molar-refractivity contribution < 1.29 is 9.84 Å². The molecular weight excluding hydrogens is 140 g/mol. The van der Waals surface area contributed by atoms with Gasteiger partial charge in [0.05, 0.1) is 18.3 Å². The molecule has 11 heavy (non-hydrogen) atoms. The molecule has 0 amide bonds. The van der Waals surface area contributed by atoms with Crippen molar-refractivity contribution in [2.45, 2.75) is 31.7 Å². The number of ether oxygens (including phenoxy) is 1. The first kappa shape index (κ1) is 8.50. The first-order chi connectivity index (χ1) is 5.24. The zero-order chi connectivity index (χ0) is 8.27. The third-order valence-corrected chi connectivity index (χ3v) is 1.79. The molecule has 2 nitrogen and oxygen atoms in total. The van der Waals surface area contributed by atoms with E-state index >= 15 is 0 Å². The molecule has 0 aromatic rings. The lowest BCUT2D eigenvalue weighted by atomic mass is 10.1. The Labute approximate surface area is 67.2 Å². The molecule has 0 fully saturated rings. The first-order valence-electron chi connectivity index (χ1n) is 3.87. The average Bonchev–Trinajstić information content (AvgIpc) is 1.98. The van der Waals surface area contributed by atoms with Crippen LogP contribution in [0.2, 0.25) is 0 Å². The molecule has 0 saturated carbocycles. The molecule has 0 unspecified atom stereocenters. The van der Waals surface area contributed by atoms with Crippen LogP contribution < -0.4 is 0 Å². The summed E-state index contributed by atoms with van der Waals surface area (Å²) >= 11 is 0. The predicted molar refractivity (Wildman–Crippen MR) is 44.3 cm³/mol. The lowest BCUT2D eigenvalue weighted by Crippen LogP contribution is -2.32. The molecule has 1 rings (SSSR count). The maximum atomic E-state index is 9.23. The van der Waals surface area contributed by atoms with Gasteiger partial charge in [-0.2, -0.15) is 0 Å². The van der Waals surface area contributed by atoms with E-state index < -0.39 is 6.10 Å². The Balaban J connectivity index is 2.49. The number of rotatable bonds is 2. The first-order valence-corrected chi connectivity index (χ1v) is 3.87. The monoisotopic (exact) mass is 154 g/mol. The summed E-state index contributed by atoms with van der Waals surface area (Å²) in [5.74, 6) is 0. The number of aliphatic hydroxyl groups is 1. The zero-order valence-corrected chi connectivity index (χ0v) is 6.73. The quantitative estimate of drug-likeness (QED) is 0.607. The van der Waals surface area contributed by atoms with Gasteiger partial charge in [-0.25, -0.2) is 0 Å². The van der Waals surface area contributed by atoms with Crippen LogP contribution in [0.15, 0.2) is 24.8 Å². The number of aliphatic hydroxyl groups excluding tert-OH is 1. The Bertz CT molecular complexity index is 163. The Morgan fingerprint density at radius 2 is 2.36 bits per heavy atom. The molecule has 0 radical (unpaired) electrons. The normalized spacial score (nSPS) is 37.1. The fourth-order valence-corrected chi connectivity index (χ4v) is 1.09. The molecule has 62 valence electrons. The Kier molecular flexibility index (Phi) is 2.85. The second-order valence-corrected chi connectivity index (χ2v) is 2.78. The van der Waals surface area contributed by atoms with Crippen LogP contribution in [0, 0.1) is 0 Å². The Morgan fingerprint density at radius 3 is 2.91 bits per heavy atom. The molecule has 0 bridgehead atoms. The summed E-state index contributed by atoms with van der Waals surface area (Å²) in [7, 11) is 0. The van der Waals surface area contributed by atoms with E-state index in [1.165, 1.54) is 0 Å². The maximum Gasteiger partial charge on any atom is 0.0981 e. The van der Waals surface area contributed by atoms with E-state index in [9.17, 15) is 5.11 Å². The van der Waals surface area contributed by atoms with Crippen molar-refractivity contribution in [3.05, 3.63) is 24.8 Å². The summed E-state index contributed by atoms with van der Waals surface area (Å²) in [6.45, 7) is 5.49. The summed E-state index contributed by atoms with van der Waals surface area (Å²) in [4.78, 5) is 0. The van der Waals surface area contributed by atoms with Crippen LogP contribution >= 0.6 is 0 Å². The second kappa shape index (κ2) is 3.69. The van der Waals surface area contributed by atoms with Gasteiger partial charge in [-0.15, -0.1) is 6.58 Å². The Morgan fingerprint density at radius 1 is 1.64 bits per heavy atom. The van der Waals surface area contributed by atoms with Gasteiger partial charge < -0.3 is 9.84 Å². The molecule has 1 N–H and O–H groups in total. The van der Waals surface area contributed by atoms with E-state index in [1.54, 1.807) is 6.08 Å². The molecule has 1 heterocycles. The van der Waals surface area contributed by atoms with Gasteiger partial charge in [-0.3, -0.25) is 0 Å². The maximum absolute atomic E-state index is 9.23. The molecule has 3 atom stereocenters. The SMILES string of the molecule is C=CC[C@@H]1C=C[C@@H](O)[C@@H](C)O1. The van der Waals surface area contributed by atoms with E-state index in [1.807, 2.05) is 19.1 Å². The van der Waals surface area contributed by atoms with Crippen molar-refractivity contribution in [3.8, 4) is 0 Å². The minimum Gasteiger partial charge on any atom is -0.386 e. The number of hydrogen-bond donors (Lipinski definition) is 1. The molecular formula is C9H14O2. The third kappa shape index (κ3) is 2.17. The fourth-order valence-electron chi connectivity index (χ4n) is 1.09. The van der Waals surface area contributed by atoms with Crippen LogP contribution in [-0.4, -0.2) is 23.4 Å². The summed E-state index contributed by atoms with van der Waals surface area (Å²) in [6.07, 6.45) is 5.86. The lowest BCUT2D eigenvalue weighted by molar-refractivity contribution is -0.0442. The van der Waals surface area contributed by atoms with Gasteiger partial charge in [0.2, 0.25) is 0 Å². The minimum absolute atomic E-state index is 0.0926. The van der Waals surface area contributed by atoms with Gasteiger partial charge >= 0.3 is 0 Å².